The molecule has 41 heavy (non-hydrogen) atoms. The molecule has 9 heteroatoms. The number of benzene rings is 1. The fraction of sp³-hybridized carbons (Fsp3) is 0.531. The van der Waals surface area contributed by atoms with Gasteiger partial charge in [0.15, 0.2) is 5.88 Å². The van der Waals surface area contributed by atoms with Crippen LogP contribution in [-0.4, -0.2) is 53.4 Å². The molecule has 2 aromatic heterocycles. The van der Waals surface area contributed by atoms with Crippen molar-refractivity contribution in [1.29, 1.82) is 0 Å². The summed E-state index contributed by atoms with van der Waals surface area (Å²) in [5.41, 5.74) is 4.24. The minimum Gasteiger partial charge on any atom is -0.473 e. The van der Waals surface area contributed by atoms with Crippen molar-refractivity contribution in [3.63, 3.8) is 0 Å². The van der Waals surface area contributed by atoms with E-state index in [-0.39, 0.29) is 53.4 Å². The highest BCUT2D eigenvalue weighted by Crippen LogP contribution is 2.49. The fourth-order valence-corrected chi connectivity index (χ4v) is 6.17. The van der Waals surface area contributed by atoms with Crippen LogP contribution in [0.15, 0.2) is 36.4 Å². The van der Waals surface area contributed by atoms with Crippen LogP contribution in [-0.2, 0) is 29.2 Å². The number of H-pyrrole nitrogens is 1. The van der Waals surface area contributed by atoms with Crippen molar-refractivity contribution in [2.24, 2.45) is 17.8 Å². The number of rotatable bonds is 9. The first-order valence-electron chi connectivity index (χ1n) is 14.6. The molecule has 3 heterocycles. The van der Waals surface area contributed by atoms with Crippen molar-refractivity contribution in [1.82, 2.24) is 9.97 Å². The number of pyridine rings is 1. The first-order valence-corrected chi connectivity index (χ1v) is 15.0. The highest BCUT2D eigenvalue weighted by molar-refractivity contribution is 6.33. The van der Waals surface area contributed by atoms with Crippen LogP contribution in [0.5, 0.6) is 5.88 Å². The molecule has 8 nitrogen and oxygen atoms in total. The monoisotopic (exact) mass is 580 g/mol. The molecular weight excluding hydrogens is 544 g/mol. The number of nitrogens with zero attached hydrogens (tertiary/aromatic N) is 1. The largest absolute Gasteiger partial charge is 0.473 e. The molecule has 218 valence electrons. The number of ether oxygens (including phenoxy) is 4. The van der Waals surface area contributed by atoms with E-state index in [1.54, 1.807) is 0 Å². The van der Waals surface area contributed by atoms with Crippen molar-refractivity contribution in [3.05, 3.63) is 47.0 Å². The zero-order valence-corrected chi connectivity index (χ0v) is 24.7. The Bertz CT molecular complexity index is 1440. The van der Waals surface area contributed by atoms with Gasteiger partial charge in [-0.2, -0.15) is 0 Å². The van der Waals surface area contributed by atoms with Crippen molar-refractivity contribution < 1.29 is 28.5 Å². The van der Waals surface area contributed by atoms with Gasteiger partial charge in [0.1, 0.15) is 24.9 Å². The molecule has 0 radical (unpaired) electrons. The summed E-state index contributed by atoms with van der Waals surface area (Å²) in [6, 6.07) is 12.0. The summed E-state index contributed by atoms with van der Waals surface area (Å²) in [4.78, 5) is 32.2. The maximum Gasteiger partial charge on any atom is 0.308 e. The molecule has 1 aromatic carbocycles. The minimum absolute atomic E-state index is 0.0878. The summed E-state index contributed by atoms with van der Waals surface area (Å²) in [7, 11) is 0. The molecule has 1 saturated heterocycles. The van der Waals surface area contributed by atoms with E-state index < -0.39 is 0 Å². The Morgan fingerprint density at radius 3 is 2.46 bits per heavy atom. The maximum atomic E-state index is 12.1. The van der Waals surface area contributed by atoms with Crippen molar-refractivity contribution in [2.45, 2.75) is 77.1 Å². The predicted octanol–water partition coefficient (Wildman–Crippen LogP) is 6.24. The minimum atomic E-state index is -0.217. The lowest BCUT2D eigenvalue weighted by Gasteiger charge is -2.19. The standard InChI is InChI=1S/C32H37ClN2O6/c1-17(2)30(36)39-16-32(11-12-32)20-7-5-19(6-8-20)28-22(33)13-23-24(35-28)14-27(34-23)40-25-10-9-21-26(15-38-29(21)25)41-31(37)18(3)4/h5-8,13-14,17-18,21,25-26,29,34H,9-12,15-16H2,1-4H3/t21?,25-,26-,29+/m1/s1. The van der Waals surface area contributed by atoms with E-state index >= 15 is 0 Å². The van der Waals surface area contributed by atoms with E-state index in [2.05, 4.69) is 17.1 Å². The van der Waals surface area contributed by atoms with Crippen molar-refractivity contribution in [2.75, 3.05) is 13.2 Å². The van der Waals surface area contributed by atoms with Crippen LogP contribution in [0.2, 0.25) is 5.02 Å². The van der Waals surface area contributed by atoms with Crippen LogP contribution in [0.4, 0.5) is 0 Å². The Hall–Kier alpha value is -3.10. The number of esters is 2. The summed E-state index contributed by atoms with van der Waals surface area (Å²) in [6.45, 7) is 8.20. The lowest BCUT2D eigenvalue weighted by molar-refractivity contribution is -0.154. The van der Waals surface area contributed by atoms with Gasteiger partial charge < -0.3 is 23.9 Å². The number of carbonyl (C=O) groups is 2. The van der Waals surface area contributed by atoms with Crippen molar-refractivity contribution in [3.8, 4) is 17.1 Å². The van der Waals surface area contributed by atoms with Crippen LogP contribution in [0.1, 0.15) is 58.9 Å². The Morgan fingerprint density at radius 1 is 1.05 bits per heavy atom. The van der Waals surface area contributed by atoms with Gasteiger partial charge in [-0.25, -0.2) is 4.98 Å². The molecule has 6 rings (SSSR count). The molecule has 0 spiro atoms. The van der Waals surface area contributed by atoms with E-state index in [9.17, 15) is 9.59 Å². The van der Waals surface area contributed by atoms with Crippen LogP contribution in [0.3, 0.4) is 0 Å². The summed E-state index contributed by atoms with van der Waals surface area (Å²) >= 11 is 6.68. The third-order valence-electron chi connectivity index (χ3n) is 8.64. The topological polar surface area (TPSA) is 99.7 Å². The predicted molar refractivity (Wildman–Crippen MR) is 155 cm³/mol. The third-order valence-corrected chi connectivity index (χ3v) is 8.93. The van der Waals surface area contributed by atoms with Gasteiger partial charge in [-0.1, -0.05) is 63.6 Å². The molecule has 0 amide bonds. The number of aromatic amines is 1. The van der Waals surface area contributed by atoms with E-state index in [4.69, 9.17) is 35.5 Å². The Balaban J connectivity index is 1.14. The smallest absolute Gasteiger partial charge is 0.308 e. The molecule has 2 saturated carbocycles. The number of aromatic nitrogens is 2. The maximum absolute atomic E-state index is 12.1. The second-order valence-electron chi connectivity index (χ2n) is 12.3. The van der Waals surface area contributed by atoms with Gasteiger partial charge in [0.05, 0.1) is 40.2 Å². The zero-order valence-electron chi connectivity index (χ0n) is 23.9. The summed E-state index contributed by atoms with van der Waals surface area (Å²) in [5.74, 6) is 0.117. The van der Waals surface area contributed by atoms with E-state index in [1.807, 2.05) is 52.0 Å². The molecule has 2 aliphatic carbocycles. The van der Waals surface area contributed by atoms with Gasteiger partial charge in [0.2, 0.25) is 0 Å². The van der Waals surface area contributed by atoms with Crippen molar-refractivity contribution >= 4 is 34.6 Å². The third kappa shape index (κ3) is 5.56. The molecule has 3 aliphatic rings. The number of nitrogens with one attached hydrogen (secondary N) is 1. The average Bonchev–Trinajstić information content (AvgIpc) is 3.25. The zero-order chi connectivity index (χ0) is 28.9. The number of fused-ring (bicyclic) bond motifs is 2. The van der Waals surface area contributed by atoms with Gasteiger partial charge in [-0.15, -0.1) is 0 Å². The Morgan fingerprint density at radius 2 is 1.78 bits per heavy atom. The summed E-state index contributed by atoms with van der Waals surface area (Å²) < 4.78 is 23.6. The van der Waals surface area contributed by atoms with Crippen LogP contribution >= 0.6 is 11.6 Å². The van der Waals surface area contributed by atoms with Gasteiger partial charge in [-0.05, 0) is 37.3 Å². The molecule has 1 aliphatic heterocycles. The number of hydrogen-bond donors (Lipinski definition) is 1. The molecule has 0 bridgehead atoms. The molecule has 3 fully saturated rings. The highest BCUT2D eigenvalue weighted by atomic mass is 35.5. The molecule has 3 aromatic rings. The second kappa shape index (κ2) is 11.0. The lowest BCUT2D eigenvalue weighted by Crippen LogP contribution is -2.32. The van der Waals surface area contributed by atoms with E-state index in [0.717, 1.165) is 47.8 Å². The Kier molecular flexibility index (Phi) is 7.49. The number of hydrogen-bond acceptors (Lipinski definition) is 7. The van der Waals surface area contributed by atoms with Gasteiger partial charge in [0.25, 0.3) is 0 Å². The Labute approximate surface area is 245 Å². The molecular formula is C32H37ClN2O6. The van der Waals surface area contributed by atoms with Gasteiger partial charge in [-0.3, -0.25) is 9.59 Å². The van der Waals surface area contributed by atoms with Gasteiger partial charge in [0, 0.05) is 23.0 Å². The first-order chi connectivity index (χ1) is 19.6. The average molecular weight is 581 g/mol. The SMILES string of the molecule is CC(C)C(=O)OCC1(c2ccc(-c3nc4cc(O[C@@H]5CCC6[C@H](OC(=O)C(C)C)CO[C@@H]65)[nH]c4cc3Cl)cc2)CC1. The van der Waals surface area contributed by atoms with Crippen LogP contribution < -0.4 is 4.74 Å². The summed E-state index contributed by atoms with van der Waals surface area (Å²) in [5, 5.41) is 0.542. The second-order valence-corrected chi connectivity index (χ2v) is 12.7. The van der Waals surface area contributed by atoms with Crippen LogP contribution in [0.25, 0.3) is 22.3 Å². The normalized spacial score (nSPS) is 24.6. The summed E-state index contributed by atoms with van der Waals surface area (Å²) in [6.07, 6.45) is 3.26. The van der Waals surface area contributed by atoms with E-state index in [0.29, 0.717) is 29.8 Å². The molecule has 1 N–H and O–H groups in total. The van der Waals surface area contributed by atoms with E-state index in [1.165, 1.54) is 0 Å². The van der Waals surface area contributed by atoms with Gasteiger partial charge >= 0.3 is 11.9 Å². The quantitative estimate of drug-likeness (QED) is 0.299. The number of halogens is 1. The number of carbonyl (C=O) groups excluding carboxylic acids is 2. The molecule has 1 unspecified atom stereocenters. The highest BCUT2D eigenvalue weighted by Gasteiger charge is 2.49. The molecule has 4 atom stereocenters. The fourth-order valence-electron chi connectivity index (χ4n) is 5.91. The first kappa shape index (κ1) is 28.0. The van der Waals surface area contributed by atoms with Crippen LogP contribution in [0, 0.1) is 17.8 Å². The lowest BCUT2D eigenvalue weighted by atomic mass is 9.95.